The van der Waals surface area contributed by atoms with Gasteiger partial charge in [0.15, 0.2) is 0 Å². The number of piperazine rings is 1. The number of ether oxygens (including phenoxy) is 1. The SMILES string of the molecule is C=C1CC2COC(=O)C2(Cc2ccc(NC(=O)CN3CCN(CCC)CC3)cc2)C1. The average molecular weight is 412 g/mol. The van der Waals surface area contributed by atoms with Gasteiger partial charge < -0.3 is 15.0 Å². The van der Waals surface area contributed by atoms with Crippen LogP contribution in [-0.4, -0.2) is 67.6 Å². The van der Waals surface area contributed by atoms with E-state index in [2.05, 4.69) is 28.6 Å². The van der Waals surface area contributed by atoms with Crippen LogP contribution in [0.15, 0.2) is 36.4 Å². The highest BCUT2D eigenvalue weighted by atomic mass is 16.5. The Morgan fingerprint density at radius 1 is 1.20 bits per heavy atom. The van der Waals surface area contributed by atoms with Crippen molar-refractivity contribution < 1.29 is 14.3 Å². The van der Waals surface area contributed by atoms with Gasteiger partial charge in [-0.05, 0) is 49.9 Å². The fourth-order valence-corrected chi connectivity index (χ4v) is 5.22. The van der Waals surface area contributed by atoms with Gasteiger partial charge in [0, 0.05) is 37.8 Å². The molecule has 162 valence electrons. The summed E-state index contributed by atoms with van der Waals surface area (Å²) < 4.78 is 5.37. The molecule has 4 rings (SSSR count). The minimum atomic E-state index is -0.443. The Morgan fingerprint density at radius 3 is 2.60 bits per heavy atom. The fraction of sp³-hybridized carbons (Fsp3) is 0.583. The minimum Gasteiger partial charge on any atom is -0.465 e. The van der Waals surface area contributed by atoms with Crippen molar-refractivity contribution in [2.45, 2.75) is 32.6 Å². The topological polar surface area (TPSA) is 61.9 Å². The van der Waals surface area contributed by atoms with Gasteiger partial charge >= 0.3 is 5.97 Å². The maximum absolute atomic E-state index is 12.5. The zero-order valence-corrected chi connectivity index (χ0v) is 18.0. The van der Waals surface area contributed by atoms with E-state index in [0.717, 1.165) is 62.4 Å². The summed E-state index contributed by atoms with van der Waals surface area (Å²) in [6, 6.07) is 7.89. The zero-order valence-electron chi connectivity index (χ0n) is 18.0. The maximum Gasteiger partial charge on any atom is 0.313 e. The summed E-state index contributed by atoms with van der Waals surface area (Å²) in [5, 5.41) is 3.01. The maximum atomic E-state index is 12.5. The van der Waals surface area contributed by atoms with Crippen LogP contribution in [0.2, 0.25) is 0 Å². The van der Waals surface area contributed by atoms with E-state index in [-0.39, 0.29) is 17.8 Å². The number of anilines is 1. The van der Waals surface area contributed by atoms with Gasteiger partial charge in [-0.1, -0.05) is 31.2 Å². The predicted molar refractivity (Wildman–Crippen MR) is 117 cm³/mol. The van der Waals surface area contributed by atoms with E-state index in [1.807, 2.05) is 24.3 Å². The predicted octanol–water partition coefficient (Wildman–Crippen LogP) is 2.70. The quantitative estimate of drug-likeness (QED) is 0.552. The molecule has 2 heterocycles. The summed E-state index contributed by atoms with van der Waals surface area (Å²) in [5.41, 5.74) is 2.60. The van der Waals surface area contributed by atoms with E-state index >= 15 is 0 Å². The molecule has 6 nitrogen and oxygen atoms in total. The van der Waals surface area contributed by atoms with Crippen LogP contribution in [0.1, 0.15) is 31.7 Å². The second-order valence-corrected chi connectivity index (χ2v) is 9.12. The van der Waals surface area contributed by atoms with Gasteiger partial charge in [0.05, 0.1) is 18.6 Å². The number of carbonyl (C=O) groups excluding carboxylic acids is 2. The number of nitrogens with one attached hydrogen (secondary N) is 1. The van der Waals surface area contributed by atoms with Crippen LogP contribution in [0.5, 0.6) is 0 Å². The van der Waals surface area contributed by atoms with Crippen LogP contribution in [-0.2, 0) is 20.7 Å². The van der Waals surface area contributed by atoms with Crippen molar-refractivity contribution in [3.8, 4) is 0 Å². The minimum absolute atomic E-state index is 0.0248. The number of amides is 1. The number of cyclic esters (lactones) is 1. The summed E-state index contributed by atoms with van der Waals surface area (Å²) in [5.74, 6) is 0.189. The van der Waals surface area contributed by atoms with E-state index in [4.69, 9.17) is 4.74 Å². The highest BCUT2D eigenvalue weighted by Crippen LogP contribution is 2.52. The van der Waals surface area contributed by atoms with Crippen molar-refractivity contribution in [2.24, 2.45) is 11.3 Å². The number of rotatable bonds is 7. The summed E-state index contributed by atoms with van der Waals surface area (Å²) in [4.78, 5) is 29.6. The standard InChI is InChI=1S/C24H33N3O3/c1-3-8-26-9-11-27(12-10-26)16-22(28)25-21-6-4-19(5-7-21)15-24-14-18(2)13-20(24)17-30-23(24)29/h4-7,20H,2-3,8-17H2,1H3,(H,25,28). The third-order valence-electron chi connectivity index (χ3n) is 6.83. The summed E-state index contributed by atoms with van der Waals surface area (Å²) in [6.45, 7) is 12.3. The molecule has 2 aliphatic heterocycles. The molecule has 1 aromatic rings. The molecule has 1 amide bonds. The molecule has 0 spiro atoms. The van der Waals surface area contributed by atoms with Gasteiger partial charge in [-0.15, -0.1) is 0 Å². The Bertz CT molecular complexity index is 798. The number of fused-ring (bicyclic) bond motifs is 1. The van der Waals surface area contributed by atoms with E-state index in [1.165, 1.54) is 6.42 Å². The second-order valence-electron chi connectivity index (χ2n) is 9.12. The lowest BCUT2D eigenvalue weighted by atomic mass is 9.75. The van der Waals surface area contributed by atoms with Gasteiger partial charge in [0.2, 0.25) is 5.91 Å². The lowest BCUT2D eigenvalue weighted by molar-refractivity contribution is -0.146. The van der Waals surface area contributed by atoms with E-state index in [1.54, 1.807) is 0 Å². The molecule has 3 fully saturated rings. The average Bonchev–Trinajstić information content (AvgIpc) is 3.19. The third-order valence-corrected chi connectivity index (χ3v) is 6.83. The monoisotopic (exact) mass is 411 g/mol. The van der Waals surface area contributed by atoms with E-state index in [0.29, 0.717) is 19.6 Å². The lowest BCUT2D eigenvalue weighted by Gasteiger charge is -2.34. The van der Waals surface area contributed by atoms with Gasteiger partial charge in [-0.25, -0.2) is 0 Å². The zero-order chi connectivity index (χ0) is 21.1. The molecule has 1 saturated carbocycles. The molecular formula is C24H33N3O3. The van der Waals surface area contributed by atoms with E-state index < -0.39 is 5.41 Å². The molecule has 1 aromatic carbocycles. The largest absolute Gasteiger partial charge is 0.465 e. The molecule has 2 unspecified atom stereocenters. The van der Waals surface area contributed by atoms with Crippen molar-refractivity contribution in [3.05, 3.63) is 42.0 Å². The fourth-order valence-electron chi connectivity index (χ4n) is 5.22. The first-order valence-electron chi connectivity index (χ1n) is 11.2. The number of esters is 1. The molecular weight excluding hydrogens is 378 g/mol. The molecule has 30 heavy (non-hydrogen) atoms. The highest BCUT2D eigenvalue weighted by Gasteiger charge is 2.55. The number of hydrogen-bond acceptors (Lipinski definition) is 5. The van der Waals surface area contributed by atoms with Crippen molar-refractivity contribution in [3.63, 3.8) is 0 Å². The first-order chi connectivity index (χ1) is 14.5. The third kappa shape index (κ3) is 4.44. The van der Waals surface area contributed by atoms with Crippen molar-refractivity contribution in [1.29, 1.82) is 0 Å². The van der Waals surface area contributed by atoms with Gasteiger partial charge in [0.1, 0.15) is 0 Å². The Morgan fingerprint density at radius 2 is 1.90 bits per heavy atom. The van der Waals surface area contributed by atoms with Crippen molar-refractivity contribution >= 4 is 17.6 Å². The normalized spacial score (nSPS) is 27.2. The number of hydrogen-bond donors (Lipinski definition) is 1. The Kier molecular flexibility index (Phi) is 6.25. The van der Waals surface area contributed by atoms with Crippen LogP contribution < -0.4 is 5.32 Å². The lowest BCUT2D eigenvalue weighted by Crippen LogP contribution is -2.48. The summed E-state index contributed by atoms with van der Waals surface area (Å²) in [6.07, 6.45) is 3.45. The molecule has 0 bridgehead atoms. The van der Waals surface area contributed by atoms with Crippen molar-refractivity contribution in [1.82, 2.24) is 9.80 Å². The van der Waals surface area contributed by atoms with Crippen LogP contribution >= 0.6 is 0 Å². The molecule has 2 saturated heterocycles. The Hall–Kier alpha value is -2.18. The Balaban J connectivity index is 1.29. The number of allylic oxidation sites excluding steroid dienone is 1. The van der Waals surface area contributed by atoms with Crippen LogP contribution in [0, 0.1) is 11.3 Å². The molecule has 1 aliphatic carbocycles. The number of nitrogens with zero attached hydrogens (tertiary/aromatic N) is 2. The van der Waals surface area contributed by atoms with Gasteiger partial charge in [0.25, 0.3) is 0 Å². The molecule has 0 aromatic heterocycles. The van der Waals surface area contributed by atoms with Gasteiger partial charge in [-0.2, -0.15) is 0 Å². The van der Waals surface area contributed by atoms with Crippen LogP contribution in [0.4, 0.5) is 5.69 Å². The molecule has 3 aliphatic rings. The molecule has 6 heteroatoms. The molecule has 1 N–H and O–H groups in total. The number of carbonyl (C=O) groups is 2. The van der Waals surface area contributed by atoms with Crippen molar-refractivity contribution in [2.75, 3.05) is 51.2 Å². The summed E-state index contributed by atoms with van der Waals surface area (Å²) >= 11 is 0. The number of benzene rings is 1. The Labute approximate surface area is 179 Å². The van der Waals surface area contributed by atoms with Crippen LogP contribution in [0.3, 0.4) is 0 Å². The van der Waals surface area contributed by atoms with Crippen LogP contribution in [0.25, 0.3) is 0 Å². The first-order valence-corrected chi connectivity index (χ1v) is 11.2. The summed E-state index contributed by atoms with van der Waals surface area (Å²) in [7, 11) is 0. The first kappa shape index (κ1) is 21.1. The highest BCUT2D eigenvalue weighted by molar-refractivity contribution is 5.92. The smallest absolute Gasteiger partial charge is 0.313 e. The van der Waals surface area contributed by atoms with Gasteiger partial charge in [-0.3, -0.25) is 14.5 Å². The molecule has 2 atom stereocenters. The van der Waals surface area contributed by atoms with E-state index in [9.17, 15) is 9.59 Å². The second kappa shape index (κ2) is 8.90. The molecule has 0 radical (unpaired) electrons.